The number of nitrogens with one attached hydrogen (secondary N) is 1. The Morgan fingerprint density at radius 3 is 2.65 bits per heavy atom. The van der Waals surface area contributed by atoms with Gasteiger partial charge in [0.2, 0.25) is 0 Å². The Morgan fingerprint density at radius 2 is 1.95 bits per heavy atom. The molecular formula is C16H18FNOS. The molecule has 1 N–H and O–H groups in total. The summed E-state index contributed by atoms with van der Waals surface area (Å²) < 4.78 is 25.0. The molecule has 2 nitrogen and oxygen atoms in total. The van der Waals surface area contributed by atoms with E-state index >= 15 is 0 Å². The van der Waals surface area contributed by atoms with E-state index in [0.29, 0.717) is 11.3 Å². The quantitative estimate of drug-likeness (QED) is 0.906. The molecule has 20 heavy (non-hydrogen) atoms. The van der Waals surface area contributed by atoms with Crippen molar-refractivity contribution in [3.63, 3.8) is 0 Å². The monoisotopic (exact) mass is 291 g/mol. The van der Waals surface area contributed by atoms with Crippen LogP contribution in [0.3, 0.4) is 0 Å². The number of hydrogen-bond acceptors (Lipinski definition) is 2. The summed E-state index contributed by atoms with van der Waals surface area (Å²) in [6.07, 6.45) is 1.68. The van der Waals surface area contributed by atoms with Crippen molar-refractivity contribution in [2.75, 3.05) is 11.6 Å². The second kappa shape index (κ2) is 6.66. The van der Waals surface area contributed by atoms with Crippen LogP contribution in [0.4, 0.5) is 10.1 Å². The van der Waals surface area contributed by atoms with Gasteiger partial charge in [-0.3, -0.25) is 4.21 Å². The van der Waals surface area contributed by atoms with E-state index in [1.54, 1.807) is 18.4 Å². The molecule has 0 saturated carbocycles. The van der Waals surface area contributed by atoms with Gasteiger partial charge in [0.05, 0.1) is 6.04 Å². The minimum Gasteiger partial charge on any atom is -0.378 e. The summed E-state index contributed by atoms with van der Waals surface area (Å²) in [6.45, 7) is 1.92. The lowest BCUT2D eigenvalue weighted by molar-refractivity contribution is 0.600. The fraction of sp³-hybridized carbons (Fsp3) is 0.250. The molecule has 2 unspecified atom stereocenters. The molecular weight excluding hydrogens is 273 g/mol. The average Bonchev–Trinajstić information content (AvgIpc) is 2.38. The molecule has 106 valence electrons. The standard InChI is InChI=1S/C16H18FNOS/c1-12(15-8-3-4-9-16(15)17)18-14-7-5-6-13(10-14)11-20(2)19/h3-10,12,18H,11H2,1-2H3. The molecule has 0 heterocycles. The zero-order valence-corrected chi connectivity index (χ0v) is 12.4. The Labute approximate surface area is 121 Å². The molecule has 2 aromatic carbocycles. The number of halogens is 1. The smallest absolute Gasteiger partial charge is 0.128 e. The average molecular weight is 291 g/mol. The maximum atomic E-state index is 13.7. The van der Waals surface area contributed by atoms with Crippen molar-refractivity contribution in [2.24, 2.45) is 0 Å². The molecule has 0 aliphatic rings. The predicted molar refractivity (Wildman–Crippen MR) is 82.7 cm³/mol. The van der Waals surface area contributed by atoms with Gasteiger partial charge >= 0.3 is 0 Å². The molecule has 0 aliphatic heterocycles. The second-order valence-electron chi connectivity index (χ2n) is 4.81. The van der Waals surface area contributed by atoms with Gasteiger partial charge in [-0.05, 0) is 30.7 Å². The summed E-state index contributed by atoms with van der Waals surface area (Å²) in [4.78, 5) is 0. The fourth-order valence-electron chi connectivity index (χ4n) is 2.14. The van der Waals surface area contributed by atoms with E-state index in [1.807, 2.05) is 37.3 Å². The predicted octanol–water partition coefficient (Wildman–Crippen LogP) is 3.88. The molecule has 0 saturated heterocycles. The number of hydrogen-bond donors (Lipinski definition) is 1. The van der Waals surface area contributed by atoms with E-state index in [1.165, 1.54) is 6.07 Å². The summed E-state index contributed by atoms with van der Waals surface area (Å²) in [5, 5.41) is 3.27. The maximum absolute atomic E-state index is 13.7. The summed E-state index contributed by atoms with van der Waals surface area (Å²) in [5.41, 5.74) is 2.55. The van der Waals surface area contributed by atoms with Gasteiger partial charge in [0.1, 0.15) is 5.82 Å². The van der Waals surface area contributed by atoms with Crippen LogP contribution in [0.5, 0.6) is 0 Å². The van der Waals surface area contributed by atoms with Crippen molar-refractivity contribution >= 4 is 16.5 Å². The van der Waals surface area contributed by atoms with Gasteiger partial charge < -0.3 is 5.32 Å². The molecule has 4 heteroatoms. The lowest BCUT2D eigenvalue weighted by atomic mass is 10.1. The minimum atomic E-state index is -0.865. The third-order valence-corrected chi connectivity index (χ3v) is 3.79. The van der Waals surface area contributed by atoms with E-state index in [9.17, 15) is 8.60 Å². The van der Waals surface area contributed by atoms with Crippen LogP contribution in [-0.2, 0) is 16.6 Å². The summed E-state index contributed by atoms with van der Waals surface area (Å²) >= 11 is 0. The topological polar surface area (TPSA) is 29.1 Å². The Bertz CT molecular complexity index is 615. The van der Waals surface area contributed by atoms with Crippen molar-refractivity contribution in [2.45, 2.75) is 18.7 Å². The molecule has 0 spiro atoms. The van der Waals surface area contributed by atoms with Crippen LogP contribution in [0.15, 0.2) is 48.5 Å². The van der Waals surface area contributed by atoms with Crippen LogP contribution in [0.25, 0.3) is 0 Å². The minimum absolute atomic E-state index is 0.126. The van der Waals surface area contributed by atoms with Gasteiger partial charge in [0.15, 0.2) is 0 Å². The second-order valence-corrected chi connectivity index (χ2v) is 6.24. The van der Waals surface area contributed by atoms with Crippen LogP contribution in [0.2, 0.25) is 0 Å². The maximum Gasteiger partial charge on any atom is 0.128 e. The first-order chi connectivity index (χ1) is 9.56. The van der Waals surface area contributed by atoms with E-state index in [-0.39, 0.29) is 11.9 Å². The van der Waals surface area contributed by atoms with Crippen molar-refractivity contribution < 1.29 is 8.60 Å². The number of anilines is 1. The molecule has 0 fully saturated rings. The highest BCUT2D eigenvalue weighted by molar-refractivity contribution is 7.83. The van der Waals surface area contributed by atoms with Crippen LogP contribution in [-0.4, -0.2) is 10.5 Å². The fourth-order valence-corrected chi connectivity index (χ4v) is 2.79. The molecule has 2 aromatic rings. The lowest BCUT2D eigenvalue weighted by Gasteiger charge is -2.17. The highest BCUT2D eigenvalue weighted by Crippen LogP contribution is 2.22. The Balaban J connectivity index is 2.13. The first-order valence-corrected chi connectivity index (χ1v) is 8.19. The Kier molecular flexibility index (Phi) is 4.90. The molecule has 0 amide bonds. The largest absolute Gasteiger partial charge is 0.378 e. The molecule has 0 aromatic heterocycles. The summed E-state index contributed by atoms with van der Waals surface area (Å²) in [7, 11) is -0.865. The van der Waals surface area contributed by atoms with Gasteiger partial charge in [0.25, 0.3) is 0 Å². The van der Waals surface area contributed by atoms with Gasteiger partial charge in [0, 0.05) is 34.1 Å². The first-order valence-electron chi connectivity index (χ1n) is 6.46. The van der Waals surface area contributed by atoms with Gasteiger partial charge in [-0.25, -0.2) is 4.39 Å². The third kappa shape index (κ3) is 3.90. The number of rotatable bonds is 5. The molecule has 2 rings (SSSR count). The lowest BCUT2D eigenvalue weighted by Crippen LogP contribution is -2.08. The summed E-state index contributed by atoms with van der Waals surface area (Å²) in [6, 6.07) is 14.4. The zero-order chi connectivity index (χ0) is 14.5. The highest BCUT2D eigenvalue weighted by Gasteiger charge is 2.10. The van der Waals surface area contributed by atoms with Crippen molar-refractivity contribution in [1.29, 1.82) is 0 Å². The normalized spacial score (nSPS) is 13.8. The summed E-state index contributed by atoms with van der Waals surface area (Å²) in [5.74, 6) is 0.321. The van der Waals surface area contributed by atoms with Gasteiger partial charge in [-0.2, -0.15) is 0 Å². The van der Waals surface area contributed by atoms with Crippen LogP contribution in [0, 0.1) is 5.82 Å². The molecule has 0 aliphatic carbocycles. The third-order valence-electron chi connectivity index (χ3n) is 3.05. The van der Waals surface area contributed by atoms with E-state index in [2.05, 4.69) is 5.32 Å². The van der Waals surface area contributed by atoms with Crippen LogP contribution >= 0.6 is 0 Å². The number of benzene rings is 2. The van der Waals surface area contributed by atoms with Crippen molar-refractivity contribution in [3.8, 4) is 0 Å². The van der Waals surface area contributed by atoms with E-state index < -0.39 is 10.8 Å². The van der Waals surface area contributed by atoms with Gasteiger partial charge in [-0.15, -0.1) is 0 Å². The Morgan fingerprint density at radius 1 is 1.20 bits per heavy atom. The van der Waals surface area contributed by atoms with Crippen LogP contribution < -0.4 is 5.32 Å². The molecule has 2 atom stereocenters. The SMILES string of the molecule is CC(Nc1cccc(CS(C)=O)c1)c1ccccc1F. The Hall–Kier alpha value is -1.68. The highest BCUT2D eigenvalue weighted by atomic mass is 32.2. The van der Waals surface area contributed by atoms with E-state index in [4.69, 9.17) is 0 Å². The molecule has 0 bridgehead atoms. The molecule has 0 radical (unpaired) electrons. The first kappa shape index (κ1) is 14.7. The van der Waals surface area contributed by atoms with Gasteiger partial charge in [-0.1, -0.05) is 30.3 Å². The van der Waals surface area contributed by atoms with Crippen LogP contribution in [0.1, 0.15) is 24.1 Å². The zero-order valence-electron chi connectivity index (χ0n) is 11.6. The van der Waals surface area contributed by atoms with E-state index in [0.717, 1.165) is 11.3 Å². The van der Waals surface area contributed by atoms with Crippen molar-refractivity contribution in [1.82, 2.24) is 0 Å². The van der Waals surface area contributed by atoms with Crippen molar-refractivity contribution in [3.05, 3.63) is 65.5 Å².